The van der Waals surface area contributed by atoms with Gasteiger partial charge in [-0.25, -0.2) is 14.6 Å². The van der Waals surface area contributed by atoms with Crippen molar-refractivity contribution in [2.45, 2.75) is 32.7 Å². The number of nitrogens with zero attached hydrogens (tertiary/aromatic N) is 2. The molecule has 2 amide bonds. The Morgan fingerprint density at radius 2 is 2.22 bits per heavy atom. The van der Waals surface area contributed by atoms with E-state index in [4.69, 9.17) is 5.11 Å². The molecule has 0 unspecified atom stereocenters. The molecule has 2 rings (SSSR count). The highest BCUT2D eigenvalue weighted by atomic mass is 32.1. The fraction of sp³-hybridized carbons (Fsp3) is 0.545. The lowest BCUT2D eigenvalue weighted by Crippen LogP contribution is -2.42. The normalized spacial score (nSPS) is 19.0. The van der Waals surface area contributed by atoms with Crippen LogP contribution < -0.4 is 5.32 Å². The summed E-state index contributed by atoms with van der Waals surface area (Å²) in [5, 5.41) is 12.2. The van der Waals surface area contributed by atoms with Crippen LogP contribution in [0, 0.1) is 13.8 Å². The Balaban J connectivity index is 2.05. The van der Waals surface area contributed by atoms with E-state index in [1.54, 1.807) is 0 Å². The maximum absolute atomic E-state index is 12.0. The van der Waals surface area contributed by atoms with Crippen LogP contribution in [0.4, 0.5) is 9.93 Å². The molecule has 0 saturated carbocycles. The number of thiazole rings is 1. The molecule has 1 aliphatic rings. The van der Waals surface area contributed by atoms with Crippen molar-refractivity contribution in [1.29, 1.82) is 0 Å². The Bertz CT molecular complexity index is 466. The van der Waals surface area contributed by atoms with Gasteiger partial charge in [0.05, 0.1) is 5.69 Å². The van der Waals surface area contributed by atoms with Gasteiger partial charge in [-0.05, 0) is 26.7 Å². The third kappa shape index (κ3) is 2.45. The topological polar surface area (TPSA) is 82.5 Å². The van der Waals surface area contributed by atoms with Crippen molar-refractivity contribution in [2.75, 3.05) is 11.9 Å². The number of likely N-dealkylation sites (tertiary alicyclic amines) is 1. The van der Waals surface area contributed by atoms with Crippen LogP contribution >= 0.6 is 11.3 Å². The summed E-state index contributed by atoms with van der Waals surface area (Å²) in [7, 11) is 0. The molecule has 0 bridgehead atoms. The third-order valence-corrected chi connectivity index (χ3v) is 4.03. The highest BCUT2D eigenvalue weighted by molar-refractivity contribution is 7.15. The van der Waals surface area contributed by atoms with Crippen molar-refractivity contribution in [2.24, 2.45) is 0 Å². The average molecular weight is 269 g/mol. The summed E-state index contributed by atoms with van der Waals surface area (Å²) in [5.74, 6) is -0.950. The fourth-order valence-corrected chi connectivity index (χ4v) is 2.76. The van der Waals surface area contributed by atoms with Gasteiger partial charge in [0.1, 0.15) is 6.04 Å². The van der Waals surface area contributed by atoms with Crippen molar-refractivity contribution in [1.82, 2.24) is 9.88 Å². The Kier molecular flexibility index (Phi) is 3.51. The lowest BCUT2D eigenvalue weighted by molar-refractivity contribution is -0.141. The molecule has 1 aliphatic heterocycles. The summed E-state index contributed by atoms with van der Waals surface area (Å²) in [6.07, 6.45) is 1.24. The summed E-state index contributed by atoms with van der Waals surface area (Å²) in [4.78, 5) is 29.6. The second-order valence-corrected chi connectivity index (χ2v) is 5.48. The van der Waals surface area contributed by atoms with Gasteiger partial charge in [0.2, 0.25) is 0 Å². The number of aryl methyl sites for hydroxylation is 2. The zero-order valence-electron chi connectivity index (χ0n) is 10.3. The van der Waals surface area contributed by atoms with Gasteiger partial charge < -0.3 is 10.0 Å². The summed E-state index contributed by atoms with van der Waals surface area (Å²) in [5.41, 5.74) is 0.881. The van der Waals surface area contributed by atoms with Crippen molar-refractivity contribution >= 4 is 28.5 Å². The second-order valence-electron chi connectivity index (χ2n) is 4.28. The number of carboxylic acids is 1. The summed E-state index contributed by atoms with van der Waals surface area (Å²) >= 11 is 1.39. The Hall–Kier alpha value is -1.63. The van der Waals surface area contributed by atoms with Crippen LogP contribution in [0.5, 0.6) is 0 Å². The molecule has 98 valence electrons. The molecule has 0 radical (unpaired) electrons. The molecule has 0 aliphatic carbocycles. The molecule has 2 heterocycles. The lowest BCUT2D eigenvalue weighted by Gasteiger charge is -2.20. The molecule has 1 atom stereocenters. The molecule has 6 nitrogen and oxygen atoms in total. The smallest absolute Gasteiger partial charge is 0.326 e. The maximum atomic E-state index is 12.0. The third-order valence-electron chi connectivity index (χ3n) is 3.04. The van der Waals surface area contributed by atoms with Crippen LogP contribution in [0.25, 0.3) is 0 Å². The first-order valence-corrected chi connectivity index (χ1v) is 6.55. The zero-order chi connectivity index (χ0) is 13.3. The van der Waals surface area contributed by atoms with Crippen molar-refractivity contribution in [3.05, 3.63) is 10.6 Å². The molecule has 0 spiro atoms. The predicted molar refractivity (Wildman–Crippen MR) is 68.0 cm³/mol. The summed E-state index contributed by atoms with van der Waals surface area (Å²) in [6.45, 7) is 4.28. The maximum Gasteiger partial charge on any atom is 0.326 e. The number of hydrogen-bond acceptors (Lipinski definition) is 4. The molecule has 0 aromatic carbocycles. The van der Waals surface area contributed by atoms with Crippen LogP contribution in [0.1, 0.15) is 23.4 Å². The first kappa shape index (κ1) is 12.8. The largest absolute Gasteiger partial charge is 0.480 e. The number of carbonyl (C=O) groups excluding carboxylic acids is 1. The summed E-state index contributed by atoms with van der Waals surface area (Å²) in [6, 6.07) is -1.10. The van der Waals surface area contributed by atoms with Crippen LogP contribution in [0.15, 0.2) is 0 Å². The van der Waals surface area contributed by atoms with Gasteiger partial charge in [-0.1, -0.05) is 0 Å². The summed E-state index contributed by atoms with van der Waals surface area (Å²) < 4.78 is 0. The minimum absolute atomic E-state index is 0.381. The minimum Gasteiger partial charge on any atom is -0.480 e. The fourth-order valence-electron chi connectivity index (χ4n) is 1.96. The van der Waals surface area contributed by atoms with Crippen LogP contribution in [0.2, 0.25) is 0 Å². The van der Waals surface area contributed by atoms with Crippen LogP contribution in [-0.2, 0) is 4.79 Å². The number of anilines is 1. The van der Waals surface area contributed by atoms with Gasteiger partial charge in [-0.3, -0.25) is 5.32 Å². The first-order valence-electron chi connectivity index (χ1n) is 5.73. The lowest BCUT2D eigenvalue weighted by atomic mass is 10.2. The van der Waals surface area contributed by atoms with E-state index in [-0.39, 0.29) is 6.03 Å². The predicted octanol–water partition coefficient (Wildman–Crippen LogP) is 1.84. The number of amides is 2. The number of carbonyl (C=O) groups is 2. The molecule has 18 heavy (non-hydrogen) atoms. The van der Waals surface area contributed by atoms with Crippen molar-refractivity contribution < 1.29 is 14.7 Å². The van der Waals surface area contributed by atoms with Crippen molar-refractivity contribution in [3.8, 4) is 0 Å². The highest BCUT2D eigenvalue weighted by Gasteiger charge is 2.34. The Morgan fingerprint density at radius 1 is 1.50 bits per heavy atom. The van der Waals surface area contributed by atoms with Crippen LogP contribution in [0.3, 0.4) is 0 Å². The number of hydrogen-bond donors (Lipinski definition) is 2. The number of carboxylic acid groups (broad SMARTS) is 1. The number of rotatable bonds is 2. The van der Waals surface area contributed by atoms with Gasteiger partial charge in [0, 0.05) is 11.4 Å². The number of nitrogens with one attached hydrogen (secondary N) is 1. The molecule has 7 heteroatoms. The van der Waals surface area contributed by atoms with E-state index in [0.29, 0.717) is 18.1 Å². The quantitative estimate of drug-likeness (QED) is 0.858. The number of urea groups is 1. The SMILES string of the molecule is Cc1nc(NC(=O)N2CCC[C@H]2C(=O)O)sc1C. The zero-order valence-corrected chi connectivity index (χ0v) is 11.1. The van der Waals surface area contributed by atoms with E-state index in [2.05, 4.69) is 10.3 Å². The highest BCUT2D eigenvalue weighted by Crippen LogP contribution is 2.23. The van der Waals surface area contributed by atoms with E-state index in [0.717, 1.165) is 17.0 Å². The number of aliphatic carboxylic acids is 1. The van der Waals surface area contributed by atoms with E-state index in [1.165, 1.54) is 16.2 Å². The Morgan fingerprint density at radius 3 is 2.78 bits per heavy atom. The van der Waals surface area contributed by atoms with E-state index >= 15 is 0 Å². The number of aromatic nitrogens is 1. The minimum atomic E-state index is -0.950. The van der Waals surface area contributed by atoms with E-state index in [9.17, 15) is 9.59 Å². The van der Waals surface area contributed by atoms with E-state index in [1.807, 2.05) is 13.8 Å². The Labute approximate surface area is 109 Å². The first-order chi connectivity index (χ1) is 8.49. The van der Waals surface area contributed by atoms with Gasteiger partial charge in [-0.15, -0.1) is 11.3 Å². The molecule has 1 aromatic rings. The molecule has 1 saturated heterocycles. The van der Waals surface area contributed by atoms with E-state index < -0.39 is 12.0 Å². The molecule has 2 N–H and O–H groups in total. The van der Waals surface area contributed by atoms with Gasteiger partial charge >= 0.3 is 12.0 Å². The molecular formula is C11H15N3O3S. The van der Waals surface area contributed by atoms with Crippen molar-refractivity contribution in [3.63, 3.8) is 0 Å². The standard InChI is InChI=1S/C11H15N3O3S/c1-6-7(2)18-10(12-6)13-11(17)14-5-3-4-8(14)9(15)16/h8H,3-5H2,1-2H3,(H,15,16)(H,12,13,17)/t8-/m0/s1. The second kappa shape index (κ2) is 4.93. The van der Waals surface area contributed by atoms with Gasteiger partial charge in [-0.2, -0.15) is 0 Å². The molecule has 1 fully saturated rings. The van der Waals surface area contributed by atoms with Gasteiger partial charge in [0.15, 0.2) is 5.13 Å². The van der Waals surface area contributed by atoms with Crippen LogP contribution in [-0.4, -0.2) is 39.6 Å². The molecule has 1 aromatic heterocycles. The van der Waals surface area contributed by atoms with Gasteiger partial charge in [0.25, 0.3) is 0 Å². The monoisotopic (exact) mass is 269 g/mol. The average Bonchev–Trinajstić information content (AvgIpc) is 2.86. The molecular weight excluding hydrogens is 254 g/mol.